The Labute approximate surface area is 161 Å². The van der Waals surface area contributed by atoms with Crippen LogP contribution in [0.15, 0.2) is 65.7 Å². The van der Waals surface area contributed by atoms with E-state index in [-0.39, 0.29) is 4.90 Å². The van der Waals surface area contributed by atoms with Crippen LogP contribution in [0, 0.1) is 6.92 Å². The van der Waals surface area contributed by atoms with E-state index in [1.807, 2.05) is 44.3 Å². The number of aromatic nitrogens is 1. The summed E-state index contributed by atoms with van der Waals surface area (Å²) >= 11 is 0. The Balaban J connectivity index is 1.58. The van der Waals surface area contributed by atoms with Crippen LogP contribution >= 0.6 is 0 Å². The van der Waals surface area contributed by atoms with Crippen LogP contribution in [0.25, 0.3) is 10.9 Å². The summed E-state index contributed by atoms with van der Waals surface area (Å²) < 4.78 is 28.1. The Bertz CT molecular complexity index is 1000. The van der Waals surface area contributed by atoms with E-state index in [4.69, 9.17) is 0 Å². The maximum atomic E-state index is 12.7. The number of sulfonamides is 1. The summed E-state index contributed by atoms with van der Waals surface area (Å²) in [6, 6.07) is 17.4. The summed E-state index contributed by atoms with van der Waals surface area (Å²) in [5.74, 6) is 0. The first-order valence-corrected chi connectivity index (χ1v) is 10.5. The van der Waals surface area contributed by atoms with Crippen molar-refractivity contribution in [2.45, 2.75) is 24.8 Å². The molecule has 27 heavy (non-hydrogen) atoms. The predicted octanol–water partition coefficient (Wildman–Crippen LogP) is 3.34. The van der Waals surface area contributed by atoms with E-state index in [0.717, 1.165) is 30.5 Å². The third-order valence-electron chi connectivity index (χ3n) is 4.40. The van der Waals surface area contributed by atoms with Crippen molar-refractivity contribution in [1.29, 1.82) is 0 Å². The highest BCUT2D eigenvalue weighted by Crippen LogP contribution is 2.21. The average molecular weight is 384 g/mol. The van der Waals surface area contributed by atoms with Crippen molar-refractivity contribution >= 4 is 20.9 Å². The van der Waals surface area contributed by atoms with Crippen molar-refractivity contribution in [1.82, 2.24) is 14.6 Å². The first-order chi connectivity index (χ1) is 13.0. The van der Waals surface area contributed by atoms with Gasteiger partial charge in [-0.25, -0.2) is 13.1 Å². The summed E-state index contributed by atoms with van der Waals surface area (Å²) in [6.45, 7) is 3.99. The van der Waals surface area contributed by atoms with E-state index in [1.54, 1.807) is 18.3 Å². The maximum Gasteiger partial charge on any atom is 0.242 e. The lowest BCUT2D eigenvalue weighted by Crippen LogP contribution is -2.28. The van der Waals surface area contributed by atoms with Gasteiger partial charge in [-0.15, -0.1) is 0 Å². The van der Waals surface area contributed by atoms with Gasteiger partial charge in [0.05, 0.1) is 5.52 Å². The molecule has 0 saturated carbocycles. The lowest BCUT2D eigenvalue weighted by Gasteiger charge is -2.17. The number of nitrogens with one attached hydrogen (secondary N) is 1. The SMILES string of the molecule is Cc1cnc2c(S(=O)(=O)NCCCN(C)Cc3ccccc3)cccc2c1. The van der Waals surface area contributed by atoms with Crippen LogP contribution < -0.4 is 4.72 Å². The summed E-state index contributed by atoms with van der Waals surface area (Å²) in [7, 11) is -1.55. The van der Waals surface area contributed by atoms with Gasteiger partial charge in [0.15, 0.2) is 0 Å². The summed E-state index contributed by atoms with van der Waals surface area (Å²) in [6.07, 6.45) is 2.43. The van der Waals surface area contributed by atoms with E-state index in [1.165, 1.54) is 5.56 Å². The van der Waals surface area contributed by atoms with Crippen LogP contribution in [-0.4, -0.2) is 38.4 Å². The highest BCUT2D eigenvalue weighted by atomic mass is 32.2. The molecule has 0 bridgehead atoms. The standard InChI is InChI=1S/C21H25N3O2S/c1-17-14-19-10-6-11-20(21(19)22-15-17)27(25,26)23-12-7-13-24(2)16-18-8-4-3-5-9-18/h3-6,8-11,14-15,23H,7,12-13,16H2,1-2H3. The van der Waals surface area contributed by atoms with Gasteiger partial charge in [0.2, 0.25) is 10.0 Å². The van der Waals surface area contributed by atoms with Gasteiger partial charge in [0.1, 0.15) is 4.90 Å². The van der Waals surface area contributed by atoms with E-state index >= 15 is 0 Å². The number of pyridine rings is 1. The van der Waals surface area contributed by atoms with Gasteiger partial charge in [-0.3, -0.25) is 4.98 Å². The highest BCUT2D eigenvalue weighted by Gasteiger charge is 2.17. The number of fused-ring (bicyclic) bond motifs is 1. The maximum absolute atomic E-state index is 12.7. The van der Waals surface area contributed by atoms with Crippen LogP contribution in [0.4, 0.5) is 0 Å². The molecule has 1 heterocycles. The predicted molar refractivity (Wildman–Crippen MR) is 109 cm³/mol. The molecule has 1 aromatic heterocycles. The van der Waals surface area contributed by atoms with Crippen LogP contribution in [-0.2, 0) is 16.6 Å². The molecule has 0 fully saturated rings. The Kier molecular flexibility index (Phi) is 6.21. The number of rotatable bonds is 8. The zero-order chi connectivity index (χ0) is 19.3. The summed E-state index contributed by atoms with van der Waals surface area (Å²) in [4.78, 5) is 6.74. The molecule has 1 N–H and O–H groups in total. The zero-order valence-electron chi connectivity index (χ0n) is 15.7. The van der Waals surface area contributed by atoms with Crippen molar-refractivity contribution in [2.75, 3.05) is 20.1 Å². The van der Waals surface area contributed by atoms with Crippen LogP contribution in [0.3, 0.4) is 0 Å². The Morgan fingerprint density at radius 2 is 1.85 bits per heavy atom. The van der Waals surface area contributed by atoms with Crippen LogP contribution in [0.1, 0.15) is 17.5 Å². The average Bonchev–Trinajstić information content (AvgIpc) is 2.65. The Morgan fingerprint density at radius 1 is 1.07 bits per heavy atom. The fraction of sp³-hybridized carbons (Fsp3) is 0.286. The second kappa shape index (κ2) is 8.61. The van der Waals surface area contributed by atoms with Crippen LogP contribution in [0.5, 0.6) is 0 Å². The fourth-order valence-electron chi connectivity index (χ4n) is 3.07. The zero-order valence-corrected chi connectivity index (χ0v) is 16.5. The summed E-state index contributed by atoms with van der Waals surface area (Å²) in [5, 5.41) is 0.834. The monoisotopic (exact) mass is 383 g/mol. The normalized spacial score (nSPS) is 12.0. The van der Waals surface area contributed by atoms with Crippen molar-refractivity contribution in [3.05, 3.63) is 71.9 Å². The molecule has 0 saturated heterocycles. The third-order valence-corrected chi connectivity index (χ3v) is 5.90. The number of aryl methyl sites for hydroxylation is 1. The second-order valence-corrected chi connectivity index (χ2v) is 8.55. The van der Waals surface area contributed by atoms with Crippen molar-refractivity contribution in [3.8, 4) is 0 Å². The quantitative estimate of drug-likeness (QED) is 0.606. The molecule has 2 aromatic carbocycles. The van der Waals surface area contributed by atoms with E-state index < -0.39 is 10.0 Å². The molecule has 0 amide bonds. The smallest absolute Gasteiger partial charge is 0.242 e. The van der Waals surface area contributed by atoms with Gasteiger partial charge in [-0.2, -0.15) is 0 Å². The molecule has 0 aliphatic rings. The molecule has 142 valence electrons. The van der Waals surface area contributed by atoms with Gasteiger partial charge >= 0.3 is 0 Å². The molecule has 0 unspecified atom stereocenters. The molecule has 0 aliphatic carbocycles. The fourth-order valence-corrected chi connectivity index (χ4v) is 4.32. The highest BCUT2D eigenvalue weighted by molar-refractivity contribution is 7.89. The number of hydrogen-bond donors (Lipinski definition) is 1. The Hall–Kier alpha value is -2.28. The lowest BCUT2D eigenvalue weighted by molar-refractivity contribution is 0.322. The summed E-state index contributed by atoms with van der Waals surface area (Å²) in [5.41, 5.74) is 2.76. The van der Waals surface area contributed by atoms with Gasteiger partial charge in [0.25, 0.3) is 0 Å². The number of nitrogens with zero attached hydrogens (tertiary/aromatic N) is 2. The lowest BCUT2D eigenvalue weighted by atomic mass is 10.2. The Morgan fingerprint density at radius 3 is 2.63 bits per heavy atom. The van der Waals surface area contributed by atoms with E-state index in [2.05, 4.69) is 26.7 Å². The first-order valence-electron chi connectivity index (χ1n) is 9.03. The van der Waals surface area contributed by atoms with Gasteiger partial charge in [0, 0.05) is 24.7 Å². The van der Waals surface area contributed by atoms with Crippen molar-refractivity contribution in [3.63, 3.8) is 0 Å². The molecule has 3 rings (SSSR count). The van der Waals surface area contributed by atoms with Crippen molar-refractivity contribution in [2.24, 2.45) is 0 Å². The molecule has 5 nitrogen and oxygen atoms in total. The third kappa shape index (κ3) is 5.13. The number of para-hydroxylation sites is 1. The van der Waals surface area contributed by atoms with Gasteiger partial charge < -0.3 is 4.90 Å². The molecule has 3 aromatic rings. The number of benzene rings is 2. The molecular weight excluding hydrogens is 358 g/mol. The molecule has 0 spiro atoms. The first kappa shape index (κ1) is 19.5. The topological polar surface area (TPSA) is 62.3 Å². The minimum absolute atomic E-state index is 0.234. The largest absolute Gasteiger partial charge is 0.302 e. The number of hydrogen-bond acceptors (Lipinski definition) is 4. The van der Waals surface area contributed by atoms with Gasteiger partial charge in [-0.1, -0.05) is 42.5 Å². The van der Waals surface area contributed by atoms with Gasteiger partial charge in [-0.05, 0) is 50.2 Å². The molecular formula is C21H25N3O2S. The molecule has 0 aliphatic heterocycles. The van der Waals surface area contributed by atoms with Crippen LogP contribution in [0.2, 0.25) is 0 Å². The molecule has 0 atom stereocenters. The minimum atomic E-state index is -3.59. The molecule has 6 heteroatoms. The van der Waals surface area contributed by atoms with E-state index in [9.17, 15) is 8.42 Å². The minimum Gasteiger partial charge on any atom is -0.302 e. The molecule has 0 radical (unpaired) electrons. The van der Waals surface area contributed by atoms with Crippen molar-refractivity contribution < 1.29 is 8.42 Å². The second-order valence-electron chi connectivity index (χ2n) is 6.82. The van der Waals surface area contributed by atoms with E-state index in [0.29, 0.717) is 12.1 Å².